The molecule has 0 unspecified atom stereocenters. The lowest BCUT2D eigenvalue weighted by Crippen LogP contribution is -2.36. The summed E-state index contributed by atoms with van der Waals surface area (Å²) in [4.78, 5) is 4.42. The van der Waals surface area contributed by atoms with Gasteiger partial charge in [-0.15, -0.1) is 0 Å². The zero-order valence-electron chi connectivity index (χ0n) is 11.6. The van der Waals surface area contributed by atoms with Crippen LogP contribution < -0.4 is 5.32 Å². The quantitative estimate of drug-likeness (QED) is 0.914. The first kappa shape index (κ1) is 14.2. The van der Waals surface area contributed by atoms with Crippen LogP contribution in [0.3, 0.4) is 0 Å². The molecule has 19 heavy (non-hydrogen) atoms. The number of halogens is 1. The molecule has 0 aliphatic rings. The van der Waals surface area contributed by atoms with Gasteiger partial charge in [-0.25, -0.2) is 0 Å². The molecule has 3 heteroatoms. The number of aromatic nitrogens is 1. The van der Waals surface area contributed by atoms with E-state index in [0.717, 1.165) is 16.7 Å². The Hall–Kier alpha value is -1.19. The van der Waals surface area contributed by atoms with Gasteiger partial charge in [-0.05, 0) is 50.1 Å². The highest BCUT2D eigenvalue weighted by Crippen LogP contribution is 2.22. The number of hydrogen-bond acceptors (Lipinski definition) is 2. The Morgan fingerprint density at radius 1 is 1.11 bits per heavy atom. The summed E-state index contributed by atoms with van der Waals surface area (Å²) >= 11 is 3.46. The second-order valence-electron chi connectivity index (χ2n) is 5.31. The Morgan fingerprint density at radius 3 is 2.37 bits per heavy atom. The second kappa shape index (κ2) is 5.85. The van der Waals surface area contributed by atoms with Gasteiger partial charge in [0.2, 0.25) is 0 Å². The van der Waals surface area contributed by atoms with Crippen molar-refractivity contribution in [2.45, 2.75) is 32.9 Å². The predicted octanol–water partition coefficient (Wildman–Crippen LogP) is 4.18. The molecule has 2 aromatic rings. The zero-order valence-corrected chi connectivity index (χ0v) is 13.2. The van der Waals surface area contributed by atoms with E-state index in [1.54, 1.807) is 0 Å². The molecule has 1 N–H and O–H groups in total. The van der Waals surface area contributed by atoms with Gasteiger partial charge in [0.15, 0.2) is 0 Å². The number of aryl methyl sites for hydroxylation is 1. The number of benzene rings is 1. The fraction of sp³-hybridized carbons (Fsp3) is 0.312. The topological polar surface area (TPSA) is 24.9 Å². The van der Waals surface area contributed by atoms with Crippen molar-refractivity contribution >= 4 is 15.9 Å². The molecule has 1 aromatic carbocycles. The summed E-state index contributed by atoms with van der Waals surface area (Å²) in [7, 11) is 0. The Labute approximate surface area is 123 Å². The summed E-state index contributed by atoms with van der Waals surface area (Å²) in [5.41, 5.74) is 3.45. The summed E-state index contributed by atoms with van der Waals surface area (Å²) in [6, 6.07) is 12.6. The molecule has 0 radical (unpaired) electrons. The van der Waals surface area contributed by atoms with Crippen LogP contribution >= 0.6 is 15.9 Å². The van der Waals surface area contributed by atoms with E-state index in [4.69, 9.17) is 0 Å². The van der Waals surface area contributed by atoms with Crippen molar-refractivity contribution in [2.75, 3.05) is 0 Å². The molecular formula is C16H19BrN2. The minimum atomic E-state index is -0.0761. The maximum absolute atomic E-state index is 4.42. The Balaban J connectivity index is 2.04. The van der Waals surface area contributed by atoms with Crippen LogP contribution in [-0.4, -0.2) is 4.98 Å². The molecule has 0 atom stereocenters. The van der Waals surface area contributed by atoms with Crippen LogP contribution in [0.1, 0.15) is 30.7 Å². The van der Waals surface area contributed by atoms with E-state index < -0.39 is 0 Å². The van der Waals surface area contributed by atoms with Gasteiger partial charge >= 0.3 is 0 Å². The largest absolute Gasteiger partial charge is 0.302 e. The van der Waals surface area contributed by atoms with Gasteiger partial charge < -0.3 is 5.32 Å². The first-order valence-corrected chi connectivity index (χ1v) is 7.19. The average molecular weight is 319 g/mol. The molecule has 0 fully saturated rings. The fourth-order valence-corrected chi connectivity index (χ4v) is 2.15. The molecule has 0 spiro atoms. The van der Waals surface area contributed by atoms with E-state index in [9.17, 15) is 0 Å². The molecular weight excluding hydrogens is 300 g/mol. The number of hydrogen-bond donors (Lipinski definition) is 1. The van der Waals surface area contributed by atoms with Gasteiger partial charge in [-0.1, -0.05) is 34.1 Å². The summed E-state index contributed by atoms with van der Waals surface area (Å²) in [6.45, 7) is 7.19. The van der Waals surface area contributed by atoms with Crippen molar-refractivity contribution < 1.29 is 0 Å². The molecule has 100 valence electrons. The third kappa shape index (κ3) is 3.88. The minimum Gasteiger partial charge on any atom is -0.302 e. The molecule has 2 nitrogen and oxygen atoms in total. The van der Waals surface area contributed by atoms with Crippen LogP contribution in [-0.2, 0) is 12.1 Å². The highest BCUT2D eigenvalue weighted by molar-refractivity contribution is 9.10. The lowest BCUT2D eigenvalue weighted by atomic mass is 9.94. The van der Waals surface area contributed by atoms with Crippen molar-refractivity contribution in [1.82, 2.24) is 10.3 Å². The Morgan fingerprint density at radius 2 is 1.79 bits per heavy atom. The van der Waals surface area contributed by atoms with Gasteiger partial charge in [0.25, 0.3) is 0 Å². The van der Waals surface area contributed by atoms with Crippen LogP contribution in [0.5, 0.6) is 0 Å². The third-order valence-corrected chi connectivity index (χ3v) is 3.78. The van der Waals surface area contributed by atoms with Crippen molar-refractivity contribution in [3.05, 3.63) is 63.9 Å². The van der Waals surface area contributed by atoms with Gasteiger partial charge in [0.1, 0.15) is 0 Å². The highest BCUT2D eigenvalue weighted by atomic mass is 79.9. The normalized spacial score (nSPS) is 11.6. The average Bonchev–Trinajstić information content (AvgIpc) is 2.39. The maximum Gasteiger partial charge on any atom is 0.0542 e. The van der Waals surface area contributed by atoms with Crippen LogP contribution in [0.25, 0.3) is 0 Å². The number of rotatable bonds is 4. The van der Waals surface area contributed by atoms with E-state index in [-0.39, 0.29) is 5.54 Å². The number of nitrogens with zero attached hydrogens (tertiary/aromatic N) is 1. The number of pyridine rings is 1. The molecule has 0 amide bonds. The maximum atomic E-state index is 4.42. The molecule has 0 aliphatic carbocycles. The van der Waals surface area contributed by atoms with E-state index in [0.29, 0.717) is 0 Å². The van der Waals surface area contributed by atoms with Crippen LogP contribution in [0.15, 0.2) is 47.1 Å². The van der Waals surface area contributed by atoms with Gasteiger partial charge in [0.05, 0.1) is 5.69 Å². The third-order valence-electron chi connectivity index (χ3n) is 3.25. The van der Waals surface area contributed by atoms with Crippen molar-refractivity contribution in [2.24, 2.45) is 0 Å². The van der Waals surface area contributed by atoms with Gasteiger partial charge in [-0.2, -0.15) is 0 Å². The fourth-order valence-electron chi connectivity index (χ4n) is 1.88. The second-order valence-corrected chi connectivity index (χ2v) is 6.23. The smallest absolute Gasteiger partial charge is 0.0542 e. The Bertz CT molecular complexity index is 530. The molecule has 0 bridgehead atoms. The first-order valence-electron chi connectivity index (χ1n) is 6.40. The van der Waals surface area contributed by atoms with E-state index in [2.05, 4.69) is 83.4 Å². The van der Waals surface area contributed by atoms with Crippen molar-refractivity contribution in [1.29, 1.82) is 0 Å². The van der Waals surface area contributed by atoms with Gasteiger partial charge in [-0.3, -0.25) is 4.98 Å². The number of nitrogens with one attached hydrogen (secondary N) is 1. The summed E-state index contributed by atoms with van der Waals surface area (Å²) in [5.74, 6) is 0. The van der Waals surface area contributed by atoms with Gasteiger partial charge in [0, 0.05) is 22.8 Å². The SMILES string of the molecule is Cc1ccc(CNC(C)(C)c2ccc(Br)cc2)nc1. The molecule has 2 rings (SSSR count). The first-order chi connectivity index (χ1) is 8.97. The summed E-state index contributed by atoms with van der Waals surface area (Å²) < 4.78 is 1.10. The standard InChI is InChI=1S/C16H19BrN2/c1-12-4-9-15(18-10-12)11-19-16(2,3)13-5-7-14(17)8-6-13/h4-10,19H,11H2,1-3H3. The molecule has 1 heterocycles. The predicted molar refractivity (Wildman–Crippen MR) is 83.0 cm³/mol. The molecule has 1 aromatic heterocycles. The Kier molecular flexibility index (Phi) is 4.38. The lowest BCUT2D eigenvalue weighted by molar-refractivity contribution is 0.398. The summed E-state index contributed by atoms with van der Waals surface area (Å²) in [5, 5.41) is 3.55. The minimum absolute atomic E-state index is 0.0761. The van der Waals surface area contributed by atoms with Crippen LogP contribution in [0.2, 0.25) is 0 Å². The van der Waals surface area contributed by atoms with E-state index >= 15 is 0 Å². The monoisotopic (exact) mass is 318 g/mol. The van der Waals surface area contributed by atoms with Crippen LogP contribution in [0, 0.1) is 6.92 Å². The lowest BCUT2D eigenvalue weighted by Gasteiger charge is -2.27. The highest BCUT2D eigenvalue weighted by Gasteiger charge is 2.19. The summed E-state index contributed by atoms with van der Waals surface area (Å²) in [6.07, 6.45) is 1.91. The molecule has 0 aliphatic heterocycles. The van der Waals surface area contributed by atoms with Crippen LogP contribution in [0.4, 0.5) is 0 Å². The molecule has 0 saturated heterocycles. The van der Waals surface area contributed by atoms with Crippen molar-refractivity contribution in [3.63, 3.8) is 0 Å². The van der Waals surface area contributed by atoms with Crippen molar-refractivity contribution in [3.8, 4) is 0 Å². The van der Waals surface area contributed by atoms with E-state index in [1.807, 2.05) is 6.20 Å². The van der Waals surface area contributed by atoms with E-state index in [1.165, 1.54) is 11.1 Å². The molecule has 0 saturated carbocycles. The zero-order chi connectivity index (χ0) is 13.9.